The molecule has 0 unspecified atom stereocenters. The Balaban J connectivity index is 1.66. The van der Waals surface area contributed by atoms with Crippen LogP contribution in [0.3, 0.4) is 0 Å². The van der Waals surface area contributed by atoms with Crippen LogP contribution in [-0.2, 0) is 0 Å². The van der Waals surface area contributed by atoms with Crippen LogP contribution in [0.1, 0.15) is 21.4 Å². The van der Waals surface area contributed by atoms with Gasteiger partial charge in [-0.25, -0.2) is 0 Å². The maximum Gasteiger partial charge on any atom is 0.273 e. The third-order valence-electron chi connectivity index (χ3n) is 4.07. The highest BCUT2D eigenvalue weighted by Crippen LogP contribution is 2.24. The first-order chi connectivity index (χ1) is 12.6. The van der Waals surface area contributed by atoms with Crippen LogP contribution in [0, 0.1) is 0 Å². The molecule has 0 radical (unpaired) electrons. The Kier molecular flexibility index (Phi) is 5.70. The van der Waals surface area contributed by atoms with Crippen LogP contribution in [-0.4, -0.2) is 43.7 Å². The van der Waals surface area contributed by atoms with E-state index in [-0.39, 0.29) is 17.6 Å². The Bertz CT molecular complexity index is 841. The van der Waals surface area contributed by atoms with Gasteiger partial charge in [0.1, 0.15) is 5.75 Å². The van der Waals surface area contributed by atoms with E-state index in [4.69, 9.17) is 9.26 Å². The van der Waals surface area contributed by atoms with E-state index in [2.05, 4.69) is 21.4 Å². The predicted molar refractivity (Wildman–Crippen MR) is 102 cm³/mol. The highest BCUT2D eigenvalue weighted by atomic mass is 32.1. The molecule has 2 aromatic heterocycles. The van der Waals surface area contributed by atoms with E-state index in [9.17, 15) is 4.79 Å². The standard InChI is InChI=1S/C19H21N3O3S/c1-22(2)16(18-5-4-10-26-18)12-20-19(23)15-11-17(25-21-15)13-6-8-14(24-3)9-7-13/h4-11,16H,12H2,1-3H3,(H,20,23)/t16-/m0/s1. The minimum atomic E-state index is -0.253. The molecule has 6 nitrogen and oxygen atoms in total. The van der Waals surface area contributed by atoms with Crippen molar-refractivity contribution in [2.45, 2.75) is 6.04 Å². The average molecular weight is 371 g/mol. The number of thiophene rings is 1. The summed E-state index contributed by atoms with van der Waals surface area (Å²) in [6.45, 7) is 0.497. The van der Waals surface area contributed by atoms with E-state index < -0.39 is 0 Å². The Morgan fingerprint density at radius 2 is 2.08 bits per heavy atom. The molecule has 0 aliphatic rings. The van der Waals surface area contributed by atoms with Gasteiger partial charge in [-0.15, -0.1) is 11.3 Å². The van der Waals surface area contributed by atoms with Gasteiger partial charge in [0, 0.05) is 23.1 Å². The lowest BCUT2D eigenvalue weighted by atomic mass is 10.1. The van der Waals surface area contributed by atoms with Gasteiger partial charge in [-0.1, -0.05) is 11.2 Å². The Labute approximate surface area is 156 Å². The SMILES string of the molecule is COc1ccc(-c2cc(C(=O)NC[C@@H](c3cccs3)N(C)C)no2)cc1. The number of methoxy groups -OCH3 is 1. The second kappa shape index (κ2) is 8.16. The lowest BCUT2D eigenvalue weighted by Gasteiger charge is -2.23. The van der Waals surface area contributed by atoms with Crippen LogP contribution >= 0.6 is 11.3 Å². The molecule has 0 saturated carbocycles. The molecular formula is C19H21N3O3S. The van der Waals surface area contributed by atoms with Crippen molar-refractivity contribution < 1.29 is 14.1 Å². The summed E-state index contributed by atoms with van der Waals surface area (Å²) in [5.74, 6) is 1.05. The number of benzene rings is 1. The fourth-order valence-corrected chi connectivity index (χ4v) is 3.49. The molecular weight excluding hydrogens is 350 g/mol. The number of nitrogens with zero attached hydrogens (tertiary/aromatic N) is 2. The summed E-state index contributed by atoms with van der Waals surface area (Å²) in [7, 11) is 5.60. The van der Waals surface area contributed by atoms with Crippen LogP contribution in [0.15, 0.2) is 52.4 Å². The predicted octanol–water partition coefficient (Wildman–Crippen LogP) is 3.44. The van der Waals surface area contributed by atoms with Gasteiger partial charge in [0.05, 0.1) is 13.2 Å². The lowest BCUT2D eigenvalue weighted by Crippen LogP contribution is -2.34. The second-order valence-electron chi connectivity index (χ2n) is 6.01. The molecule has 2 heterocycles. The molecule has 1 amide bonds. The van der Waals surface area contributed by atoms with E-state index in [0.29, 0.717) is 12.3 Å². The van der Waals surface area contributed by atoms with E-state index in [1.165, 1.54) is 4.88 Å². The minimum Gasteiger partial charge on any atom is -0.497 e. The quantitative estimate of drug-likeness (QED) is 0.689. The van der Waals surface area contributed by atoms with Crippen molar-refractivity contribution in [2.75, 3.05) is 27.7 Å². The highest BCUT2D eigenvalue weighted by Gasteiger charge is 2.19. The maximum atomic E-state index is 12.4. The number of nitrogens with one attached hydrogen (secondary N) is 1. The number of ether oxygens (including phenoxy) is 1. The van der Waals surface area contributed by atoms with Gasteiger partial charge in [0.2, 0.25) is 0 Å². The van der Waals surface area contributed by atoms with Crippen molar-refractivity contribution in [3.8, 4) is 17.1 Å². The summed E-state index contributed by atoms with van der Waals surface area (Å²) in [4.78, 5) is 15.7. The average Bonchev–Trinajstić information content (AvgIpc) is 3.34. The molecule has 3 rings (SSSR count). The first kappa shape index (κ1) is 18.2. The van der Waals surface area contributed by atoms with Gasteiger partial charge in [0.15, 0.2) is 11.5 Å². The van der Waals surface area contributed by atoms with Crippen LogP contribution in [0.25, 0.3) is 11.3 Å². The summed E-state index contributed by atoms with van der Waals surface area (Å²) < 4.78 is 10.5. The molecule has 0 spiro atoms. The number of likely N-dealkylation sites (N-methyl/N-ethyl adjacent to an activating group) is 1. The van der Waals surface area contributed by atoms with E-state index in [1.807, 2.05) is 49.8 Å². The third-order valence-corrected chi connectivity index (χ3v) is 5.04. The van der Waals surface area contributed by atoms with Crippen molar-refractivity contribution >= 4 is 17.2 Å². The zero-order valence-electron chi connectivity index (χ0n) is 14.9. The largest absolute Gasteiger partial charge is 0.497 e. The summed E-state index contributed by atoms with van der Waals surface area (Å²) >= 11 is 1.67. The van der Waals surface area contributed by atoms with Crippen molar-refractivity contribution in [1.82, 2.24) is 15.4 Å². The van der Waals surface area contributed by atoms with Crippen molar-refractivity contribution in [1.29, 1.82) is 0 Å². The topological polar surface area (TPSA) is 67.6 Å². The van der Waals surface area contributed by atoms with Crippen LogP contribution < -0.4 is 10.1 Å². The maximum absolute atomic E-state index is 12.4. The molecule has 1 aromatic carbocycles. The molecule has 7 heteroatoms. The lowest BCUT2D eigenvalue weighted by molar-refractivity contribution is 0.0933. The minimum absolute atomic E-state index is 0.118. The number of aromatic nitrogens is 1. The summed E-state index contributed by atoms with van der Waals surface area (Å²) in [6.07, 6.45) is 0. The molecule has 0 bridgehead atoms. The first-order valence-electron chi connectivity index (χ1n) is 8.17. The number of hydrogen-bond donors (Lipinski definition) is 1. The Morgan fingerprint density at radius 3 is 2.69 bits per heavy atom. The van der Waals surface area contributed by atoms with E-state index >= 15 is 0 Å². The van der Waals surface area contributed by atoms with Crippen LogP contribution in [0.2, 0.25) is 0 Å². The number of amides is 1. The molecule has 136 valence electrons. The third kappa shape index (κ3) is 4.12. The molecule has 0 aliphatic heterocycles. The molecule has 1 N–H and O–H groups in total. The zero-order chi connectivity index (χ0) is 18.5. The second-order valence-corrected chi connectivity index (χ2v) is 6.99. The summed E-state index contributed by atoms with van der Waals surface area (Å²) in [5.41, 5.74) is 1.10. The van der Waals surface area contributed by atoms with E-state index in [0.717, 1.165) is 11.3 Å². The Hall–Kier alpha value is -2.64. The fraction of sp³-hybridized carbons (Fsp3) is 0.263. The first-order valence-corrected chi connectivity index (χ1v) is 9.05. The van der Waals surface area contributed by atoms with Gasteiger partial charge in [-0.05, 0) is 49.8 Å². The highest BCUT2D eigenvalue weighted by molar-refractivity contribution is 7.10. The molecule has 26 heavy (non-hydrogen) atoms. The monoisotopic (exact) mass is 371 g/mol. The number of rotatable bonds is 7. The Morgan fingerprint density at radius 1 is 1.31 bits per heavy atom. The van der Waals surface area contributed by atoms with Crippen molar-refractivity contribution in [2.24, 2.45) is 0 Å². The van der Waals surface area contributed by atoms with Crippen molar-refractivity contribution in [3.05, 3.63) is 58.4 Å². The molecule has 3 aromatic rings. The van der Waals surface area contributed by atoms with Crippen LogP contribution in [0.4, 0.5) is 0 Å². The van der Waals surface area contributed by atoms with Gasteiger partial charge in [-0.2, -0.15) is 0 Å². The molecule has 0 aliphatic carbocycles. The summed E-state index contributed by atoms with van der Waals surface area (Å²) in [5, 5.41) is 8.86. The normalized spacial score (nSPS) is 12.2. The number of hydrogen-bond acceptors (Lipinski definition) is 6. The smallest absolute Gasteiger partial charge is 0.273 e. The molecule has 0 fully saturated rings. The fourth-order valence-electron chi connectivity index (χ4n) is 2.57. The number of carbonyl (C=O) groups is 1. The van der Waals surface area contributed by atoms with E-state index in [1.54, 1.807) is 24.5 Å². The molecule has 0 saturated heterocycles. The van der Waals surface area contributed by atoms with Gasteiger partial charge in [0.25, 0.3) is 5.91 Å². The van der Waals surface area contributed by atoms with Gasteiger partial charge < -0.3 is 19.5 Å². The molecule has 1 atom stereocenters. The summed E-state index contributed by atoms with van der Waals surface area (Å²) in [6, 6.07) is 13.2. The van der Waals surface area contributed by atoms with Gasteiger partial charge >= 0.3 is 0 Å². The van der Waals surface area contributed by atoms with Gasteiger partial charge in [-0.3, -0.25) is 4.79 Å². The van der Waals surface area contributed by atoms with Crippen molar-refractivity contribution in [3.63, 3.8) is 0 Å². The zero-order valence-corrected chi connectivity index (χ0v) is 15.7. The number of carbonyl (C=O) groups excluding carboxylic acids is 1. The van der Waals surface area contributed by atoms with Crippen LogP contribution in [0.5, 0.6) is 5.75 Å².